The zero-order valence-corrected chi connectivity index (χ0v) is 16.4. The Hall–Kier alpha value is -0.820. The molecule has 1 aromatic rings. The van der Waals surface area contributed by atoms with Gasteiger partial charge in [0.05, 0.1) is 0 Å². The fourth-order valence-electron chi connectivity index (χ4n) is 2.93. The number of hydrogen-bond donors (Lipinski definition) is 2. The molecule has 0 radical (unpaired) electrons. The number of nitrogens with zero attached hydrogens (tertiary/aromatic N) is 2. The molecule has 0 bridgehead atoms. The summed E-state index contributed by atoms with van der Waals surface area (Å²) in [6.07, 6.45) is 5.44. The van der Waals surface area contributed by atoms with E-state index < -0.39 is 0 Å². The molecule has 1 aliphatic heterocycles. The molecule has 2 aliphatic rings. The molecule has 0 amide bonds. The van der Waals surface area contributed by atoms with Gasteiger partial charge in [-0.2, -0.15) is 0 Å². The van der Waals surface area contributed by atoms with Gasteiger partial charge >= 0.3 is 0 Å². The molecule has 1 aromatic carbocycles. The van der Waals surface area contributed by atoms with Gasteiger partial charge in [-0.25, -0.2) is 0 Å². The van der Waals surface area contributed by atoms with Crippen LogP contribution < -0.4 is 10.6 Å². The van der Waals surface area contributed by atoms with E-state index in [4.69, 9.17) is 0 Å². The minimum absolute atomic E-state index is 0. The Labute approximate surface area is 157 Å². The molecule has 1 saturated heterocycles. The molecule has 5 heteroatoms. The van der Waals surface area contributed by atoms with E-state index in [2.05, 4.69) is 44.8 Å². The number of guanidine groups is 1. The van der Waals surface area contributed by atoms with E-state index in [0.717, 1.165) is 31.5 Å². The lowest BCUT2D eigenvalue weighted by molar-refractivity contribution is 0.331. The fraction of sp³-hybridized carbons (Fsp3) is 0.611. The van der Waals surface area contributed by atoms with Crippen LogP contribution in [0.4, 0.5) is 0 Å². The number of aliphatic imine (C=N–C) groups is 1. The van der Waals surface area contributed by atoms with Crippen LogP contribution in [0.5, 0.6) is 0 Å². The predicted octanol–water partition coefficient (Wildman–Crippen LogP) is 2.98. The van der Waals surface area contributed by atoms with Crippen LogP contribution >= 0.6 is 24.0 Å². The Morgan fingerprint density at radius 2 is 1.74 bits per heavy atom. The average molecular weight is 428 g/mol. The van der Waals surface area contributed by atoms with Gasteiger partial charge in [0, 0.05) is 26.7 Å². The minimum Gasteiger partial charge on any atom is -0.356 e. The molecular formula is C18H29IN4. The van der Waals surface area contributed by atoms with Crippen molar-refractivity contribution in [3.05, 3.63) is 35.4 Å². The number of nitrogens with one attached hydrogen (secondary N) is 2. The summed E-state index contributed by atoms with van der Waals surface area (Å²) in [6, 6.07) is 8.98. The largest absolute Gasteiger partial charge is 0.356 e. The van der Waals surface area contributed by atoms with E-state index in [0.29, 0.717) is 0 Å². The van der Waals surface area contributed by atoms with E-state index in [1.165, 1.54) is 49.9 Å². The third kappa shape index (κ3) is 6.30. The molecule has 2 N–H and O–H groups in total. The number of benzene rings is 1. The Bertz CT molecular complexity index is 490. The lowest BCUT2D eigenvalue weighted by Gasteiger charge is -2.15. The van der Waals surface area contributed by atoms with Crippen molar-refractivity contribution in [3.63, 3.8) is 0 Å². The molecule has 1 saturated carbocycles. The van der Waals surface area contributed by atoms with Gasteiger partial charge in [-0.3, -0.25) is 9.89 Å². The van der Waals surface area contributed by atoms with Crippen molar-refractivity contribution < 1.29 is 0 Å². The molecule has 3 rings (SSSR count). The van der Waals surface area contributed by atoms with Crippen molar-refractivity contribution in [1.82, 2.24) is 15.5 Å². The van der Waals surface area contributed by atoms with Gasteiger partial charge in [-0.1, -0.05) is 24.3 Å². The molecule has 23 heavy (non-hydrogen) atoms. The van der Waals surface area contributed by atoms with Gasteiger partial charge in [0.15, 0.2) is 5.96 Å². The van der Waals surface area contributed by atoms with Gasteiger partial charge in [0.1, 0.15) is 0 Å². The van der Waals surface area contributed by atoms with Crippen molar-refractivity contribution in [1.29, 1.82) is 0 Å². The molecular weight excluding hydrogens is 399 g/mol. The van der Waals surface area contributed by atoms with E-state index in [1.54, 1.807) is 0 Å². The summed E-state index contributed by atoms with van der Waals surface area (Å²) in [5.74, 6) is 1.77. The first-order valence-electron chi connectivity index (χ1n) is 8.58. The molecule has 0 aromatic heterocycles. The maximum absolute atomic E-state index is 4.28. The van der Waals surface area contributed by atoms with Crippen LogP contribution in [-0.2, 0) is 13.1 Å². The Balaban J connectivity index is 0.00000192. The summed E-state index contributed by atoms with van der Waals surface area (Å²) >= 11 is 0. The molecule has 4 nitrogen and oxygen atoms in total. The predicted molar refractivity (Wildman–Crippen MR) is 107 cm³/mol. The topological polar surface area (TPSA) is 39.7 Å². The third-order valence-electron chi connectivity index (χ3n) is 4.57. The van der Waals surface area contributed by atoms with Crippen LogP contribution in [0.3, 0.4) is 0 Å². The van der Waals surface area contributed by atoms with Gasteiger partial charge in [0.25, 0.3) is 0 Å². The lowest BCUT2D eigenvalue weighted by atomic mass is 10.1. The number of likely N-dealkylation sites (tertiary alicyclic amines) is 1. The van der Waals surface area contributed by atoms with E-state index >= 15 is 0 Å². The van der Waals surface area contributed by atoms with E-state index in [-0.39, 0.29) is 24.0 Å². The molecule has 128 valence electrons. The second kappa shape index (κ2) is 9.47. The maximum Gasteiger partial charge on any atom is 0.191 e. The number of halogens is 1. The average Bonchev–Trinajstić information content (AvgIpc) is 3.24. The van der Waals surface area contributed by atoms with E-state index in [9.17, 15) is 0 Å². The summed E-state index contributed by atoms with van der Waals surface area (Å²) in [5.41, 5.74) is 2.72. The third-order valence-corrected chi connectivity index (χ3v) is 4.57. The first-order valence-corrected chi connectivity index (χ1v) is 8.58. The fourth-order valence-corrected chi connectivity index (χ4v) is 2.93. The Morgan fingerprint density at radius 3 is 2.35 bits per heavy atom. The molecule has 2 fully saturated rings. The molecule has 0 unspecified atom stereocenters. The minimum atomic E-state index is 0. The van der Waals surface area contributed by atoms with Crippen molar-refractivity contribution in [3.8, 4) is 0 Å². The molecule has 0 atom stereocenters. The monoisotopic (exact) mass is 428 g/mol. The highest BCUT2D eigenvalue weighted by Gasteiger charge is 2.21. The van der Waals surface area contributed by atoms with Gasteiger partial charge in [-0.05, 0) is 55.8 Å². The van der Waals surface area contributed by atoms with Gasteiger partial charge in [-0.15, -0.1) is 24.0 Å². The maximum atomic E-state index is 4.28. The molecule has 1 heterocycles. The first-order chi connectivity index (χ1) is 10.8. The Morgan fingerprint density at radius 1 is 1.09 bits per heavy atom. The molecule has 1 aliphatic carbocycles. The van der Waals surface area contributed by atoms with Gasteiger partial charge < -0.3 is 10.6 Å². The lowest BCUT2D eigenvalue weighted by Crippen LogP contribution is -2.37. The van der Waals surface area contributed by atoms with Crippen molar-refractivity contribution >= 4 is 29.9 Å². The Kier molecular flexibility index (Phi) is 7.62. The van der Waals surface area contributed by atoms with E-state index in [1.807, 2.05) is 7.05 Å². The number of hydrogen-bond acceptors (Lipinski definition) is 2. The van der Waals surface area contributed by atoms with Crippen LogP contribution in [0, 0.1) is 5.92 Å². The summed E-state index contributed by atoms with van der Waals surface area (Å²) in [4.78, 5) is 6.82. The van der Waals surface area contributed by atoms with Crippen LogP contribution in [0.25, 0.3) is 0 Å². The van der Waals surface area contributed by atoms with Crippen molar-refractivity contribution in [2.45, 2.75) is 38.8 Å². The standard InChI is InChI=1S/C18H28N4.HI/c1-19-18(20-12-15-4-5-15)21-13-16-6-8-17(9-7-16)14-22-10-2-3-11-22;/h6-9,15H,2-5,10-14H2,1H3,(H2,19,20,21);1H. The van der Waals surface area contributed by atoms with Gasteiger partial charge in [0.2, 0.25) is 0 Å². The van der Waals surface area contributed by atoms with Crippen molar-refractivity contribution in [2.75, 3.05) is 26.7 Å². The summed E-state index contributed by atoms with van der Waals surface area (Å²) in [5, 5.41) is 6.78. The highest BCUT2D eigenvalue weighted by atomic mass is 127. The van der Waals surface area contributed by atoms with Crippen LogP contribution in [0.2, 0.25) is 0 Å². The quantitative estimate of drug-likeness (QED) is 0.416. The summed E-state index contributed by atoms with van der Waals surface area (Å²) < 4.78 is 0. The first kappa shape index (κ1) is 18.5. The number of rotatable bonds is 6. The SMILES string of the molecule is CN=C(NCc1ccc(CN2CCCC2)cc1)NCC1CC1.I. The summed E-state index contributed by atoms with van der Waals surface area (Å²) in [7, 11) is 1.83. The smallest absolute Gasteiger partial charge is 0.191 e. The van der Waals surface area contributed by atoms with Crippen molar-refractivity contribution in [2.24, 2.45) is 10.9 Å². The second-order valence-corrected chi connectivity index (χ2v) is 6.55. The van der Waals surface area contributed by atoms with Crippen LogP contribution in [-0.4, -0.2) is 37.5 Å². The van der Waals surface area contributed by atoms with Crippen LogP contribution in [0.15, 0.2) is 29.3 Å². The highest BCUT2D eigenvalue weighted by molar-refractivity contribution is 14.0. The molecule has 0 spiro atoms. The zero-order chi connectivity index (χ0) is 15.2. The normalized spacial score (nSPS) is 18.6. The second-order valence-electron chi connectivity index (χ2n) is 6.55. The highest BCUT2D eigenvalue weighted by Crippen LogP contribution is 2.27. The summed E-state index contributed by atoms with van der Waals surface area (Å²) in [6.45, 7) is 5.49. The van der Waals surface area contributed by atoms with Crippen LogP contribution in [0.1, 0.15) is 36.8 Å². The zero-order valence-electron chi connectivity index (χ0n) is 14.1.